The van der Waals surface area contributed by atoms with Crippen LogP contribution in [0.5, 0.6) is 0 Å². The highest BCUT2D eigenvalue weighted by molar-refractivity contribution is 6.22. The minimum atomic E-state index is -1.88. The molecular weight excluding hydrogens is 344 g/mol. The lowest BCUT2D eigenvalue weighted by Crippen LogP contribution is -2.47. The van der Waals surface area contributed by atoms with E-state index in [0.29, 0.717) is 11.3 Å². The average molecular weight is 362 g/mol. The Labute approximate surface area is 157 Å². The van der Waals surface area contributed by atoms with Crippen LogP contribution in [-0.2, 0) is 24.5 Å². The van der Waals surface area contributed by atoms with Gasteiger partial charge in [-0.15, -0.1) is 0 Å². The highest BCUT2D eigenvalue weighted by Gasteiger charge is 2.58. The minimum Gasteiger partial charge on any atom is -0.465 e. The number of rotatable bonds is 5. The normalized spacial score (nSPS) is 18.7. The van der Waals surface area contributed by atoms with Gasteiger partial charge in [-0.3, -0.25) is 14.5 Å². The van der Waals surface area contributed by atoms with Gasteiger partial charge in [0.25, 0.3) is 0 Å². The number of hydrogen-bond donors (Lipinski definition) is 0. The standard InChI is InChI=1S/C21H18N2O4/c1-2-27-20(26)21(14-22,15-9-5-3-6-10-15)17-13-18(24)23(19(17)25)16-11-7-4-8-12-16/h3-12,17H,2,13H2,1H3/t17-,21+/m1/s1. The number of imide groups is 1. The van der Waals surface area contributed by atoms with Crippen LogP contribution in [0.25, 0.3) is 0 Å². The van der Waals surface area contributed by atoms with Crippen molar-refractivity contribution in [1.82, 2.24) is 0 Å². The van der Waals surface area contributed by atoms with Crippen molar-refractivity contribution in [1.29, 1.82) is 5.26 Å². The van der Waals surface area contributed by atoms with Crippen molar-refractivity contribution in [2.75, 3.05) is 11.5 Å². The molecule has 2 amide bonds. The summed E-state index contributed by atoms with van der Waals surface area (Å²) in [5.74, 6) is -3.00. The summed E-state index contributed by atoms with van der Waals surface area (Å²) >= 11 is 0. The van der Waals surface area contributed by atoms with E-state index in [2.05, 4.69) is 0 Å². The largest absolute Gasteiger partial charge is 0.465 e. The van der Waals surface area contributed by atoms with Gasteiger partial charge < -0.3 is 4.74 Å². The fourth-order valence-electron chi connectivity index (χ4n) is 3.41. The van der Waals surface area contributed by atoms with Gasteiger partial charge in [0, 0.05) is 6.42 Å². The third kappa shape index (κ3) is 2.97. The van der Waals surface area contributed by atoms with Crippen molar-refractivity contribution in [2.45, 2.75) is 18.8 Å². The van der Waals surface area contributed by atoms with E-state index >= 15 is 0 Å². The molecule has 136 valence electrons. The molecule has 27 heavy (non-hydrogen) atoms. The van der Waals surface area contributed by atoms with Gasteiger partial charge in [0.2, 0.25) is 11.8 Å². The Hall–Kier alpha value is -3.46. The fraction of sp³-hybridized carbons (Fsp3) is 0.238. The molecule has 1 fully saturated rings. The summed E-state index contributed by atoms with van der Waals surface area (Å²) in [5.41, 5.74) is -1.13. The molecule has 1 heterocycles. The maximum absolute atomic E-state index is 13.2. The van der Waals surface area contributed by atoms with Gasteiger partial charge in [0.1, 0.15) is 0 Å². The zero-order valence-electron chi connectivity index (χ0n) is 14.8. The molecule has 0 spiro atoms. The third-order valence-electron chi connectivity index (χ3n) is 4.69. The minimum absolute atomic E-state index is 0.0619. The van der Waals surface area contributed by atoms with Crippen molar-refractivity contribution >= 4 is 23.5 Å². The Morgan fingerprint density at radius 2 is 1.74 bits per heavy atom. The molecule has 1 saturated heterocycles. The Balaban J connectivity index is 2.11. The van der Waals surface area contributed by atoms with Crippen LogP contribution in [0.4, 0.5) is 5.69 Å². The molecule has 0 bridgehead atoms. The van der Waals surface area contributed by atoms with E-state index < -0.39 is 29.1 Å². The highest BCUT2D eigenvalue weighted by Crippen LogP contribution is 2.41. The molecule has 1 aliphatic rings. The molecule has 0 N–H and O–H groups in total. The summed E-state index contributed by atoms with van der Waals surface area (Å²) in [6.07, 6.45) is -0.241. The van der Waals surface area contributed by atoms with Gasteiger partial charge in [-0.05, 0) is 24.6 Å². The summed E-state index contributed by atoms with van der Waals surface area (Å²) < 4.78 is 5.15. The lowest BCUT2D eigenvalue weighted by molar-refractivity contribution is -0.151. The van der Waals surface area contributed by atoms with E-state index in [1.165, 1.54) is 0 Å². The number of carbonyl (C=O) groups excluding carboxylic acids is 3. The molecule has 6 nitrogen and oxygen atoms in total. The first-order valence-electron chi connectivity index (χ1n) is 8.62. The number of hydrogen-bond acceptors (Lipinski definition) is 5. The number of para-hydroxylation sites is 1. The Morgan fingerprint density at radius 3 is 2.30 bits per heavy atom. The van der Waals surface area contributed by atoms with Crippen LogP contribution >= 0.6 is 0 Å². The first-order valence-corrected chi connectivity index (χ1v) is 8.62. The van der Waals surface area contributed by atoms with Gasteiger partial charge in [0.05, 0.1) is 24.3 Å². The number of ether oxygens (including phenoxy) is 1. The zero-order chi connectivity index (χ0) is 19.4. The first-order chi connectivity index (χ1) is 13.1. The second-order valence-electron chi connectivity index (χ2n) is 6.17. The number of nitrogens with zero attached hydrogens (tertiary/aromatic N) is 2. The van der Waals surface area contributed by atoms with Crippen LogP contribution in [0.2, 0.25) is 0 Å². The SMILES string of the molecule is CCOC(=O)[C@@](C#N)(c1ccccc1)[C@@H]1CC(=O)N(c2ccccc2)C1=O. The molecule has 6 heteroatoms. The maximum Gasteiger partial charge on any atom is 0.331 e. The summed E-state index contributed by atoms with van der Waals surface area (Å²) in [6, 6.07) is 18.8. The molecule has 2 aromatic rings. The van der Waals surface area contributed by atoms with Crippen molar-refractivity contribution in [3.05, 3.63) is 66.2 Å². The predicted molar refractivity (Wildman–Crippen MR) is 97.4 cm³/mol. The number of carbonyl (C=O) groups is 3. The van der Waals surface area contributed by atoms with Gasteiger partial charge in [0.15, 0.2) is 5.41 Å². The first kappa shape index (κ1) is 18.3. The molecule has 1 aliphatic heterocycles. The van der Waals surface area contributed by atoms with Gasteiger partial charge in [-0.25, -0.2) is 4.79 Å². The lowest BCUT2D eigenvalue weighted by Gasteiger charge is -2.29. The molecule has 0 aliphatic carbocycles. The Kier molecular flexibility index (Phi) is 5.04. The fourth-order valence-corrected chi connectivity index (χ4v) is 3.41. The quantitative estimate of drug-likeness (QED) is 0.603. The van der Waals surface area contributed by atoms with E-state index in [4.69, 9.17) is 4.74 Å². The van der Waals surface area contributed by atoms with Gasteiger partial charge in [-0.1, -0.05) is 48.5 Å². The second kappa shape index (κ2) is 7.42. The molecule has 0 saturated carbocycles. The topological polar surface area (TPSA) is 87.5 Å². The Bertz CT molecular complexity index is 905. The van der Waals surface area contributed by atoms with E-state index in [-0.39, 0.29) is 13.0 Å². The summed E-state index contributed by atoms with van der Waals surface area (Å²) in [5, 5.41) is 10.0. The molecule has 0 unspecified atom stereocenters. The van der Waals surface area contributed by atoms with E-state index in [9.17, 15) is 19.6 Å². The van der Waals surface area contributed by atoms with E-state index in [0.717, 1.165) is 4.90 Å². The van der Waals surface area contributed by atoms with Crippen LogP contribution in [0.1, 0.15) is 18.9 Å². The summed E-state index contributed by atoms with van der Waals surface area (Å²) in [4.78, 5) is 39.7. The number of esters is 1. The van der Waals surface area contributed by atoms with Crippen LogP contribution in [0.3, 0.4) is 0 Å². The second-order valence-corrected chi connectivity index (χ2v) is 6.17. The summed E-state index contributed by atoms with van der Waals surface area (Å²) in [7, 11) is 0. The van der Waals surface area contributed by atoms with Crippen LogP contribution in [0, 0.1) is 17.2 Å². The van der Waals surface area contributed by atoms with Crippen molar-refractivity contribution in [3.8, 4) is 6.07 Å². The molecular formula is C21H18N2O4. The van der Waals surface area contributed by atoms with E-state index in [1.54, 1.807) is 67.6 Å². The van der Waals surface area contributed by atoms with Crippen molar-refractivity contribution in [2.24, 2.45) is 5.92 Å². The predicted octanol–water partition coefficient (Wildman–Crippen LogP) is 2.59. The number of amides is 2. The molecule has 0 radical (unpaired) electrons. The van der Waals surface area contributed by atoms with Crippen LogP contribution in [-0.4, -0.2) is 24.4 Å². The molecule has 2 aromatic carbocycles. The molecule has 2 atom stereocenters. The van der Waals surface area contributed by atoms with E-state index in [1.807, 2.05) is 6.07 Å². The smallest absolute Gasteiger partial charge is 0.331 e. The van der Waals surface area contributed by atoms with Gasteiger partial charge in [-0.2, -0.15) is 5.26 Å². The van der Waals surface area contributed by atoms with Gasteiger partial charge >= 0.3 is 5.97 Å². The highest BCUT2D eigenvalue weighted by atomic mass is 16.5. The molecule has 3 rings (SSSR count). The monoisotopic (exact) mass is 362 g/mol. The zero-order valence-corrected chi connectivity index (χ0v) is 14.8. The average Bonchev–Trinajstić information content (AvgIpc) is 2.99. The number of benzene rings is 2. The summed E-state index contributed by atoms with van der Waals surface area (Å²) in [6.45, 7) is 1.69. The molecule has 0 aromatic heterocycles. The maximum atomic E-state index is 13.2. The van der Waals surface area contributed by atoms with Crippen LogP contribution in [0.15, 0.2) is 60.7 Å². The Morgan fingerprint density at radius 1 is 1.15 bits per heavy atom. The third-order valence-corrected chi connectivity index (χ3v) is 4.69. The van der Waals surface area contributed by atoms with Crippen molar-refractivity contribution in [3.63, 3.8) is 0 Å². The van der Waals surface area contributed by atoms with Crippen molar-refractivity contribution < 1.29 is 19.1 Å². The number of nitriles is 1. The van der Waals surface area contributed by atoms with Crippen LogP contribution < -0.4 is 4.90 Å². The lowest BCUT2D eigenvalue weighted by atomic mass is 9.70. The number of anilines is 1.